The van der Waals surface area contributed by atoms with Gasteiger partial charge in [-0.3, -0.25) is 0 Å². The van der Waals surface area contributed by atoms with Crippen LogP contribution in [0.2, 0.25) is 0 Å². The third kappa shape index (κ3) is 10.9. The van der Waals surface area contributed by atoms with Crippen LogP contribution >= 0.6 is 0 Å². The summed E-state index contributed by atoms with van der Waals surface area (Å²) in [5.74, 6) is 0.402. The van der Waals surface area contributed by atoms with Crippen molar-refractivity contribution in [3.8, 4) is 56.6 Å². The van der Waals surface area contributed by atoms with Crippen molar-refractivity contribution >= 4 is 43.6 Å². The molecule has 2 aromatic heterocycles. The van der Waals surface area contributed by atoms with Gasteiger partial charge in [-0.1, -0.05) is 124 Å². The quantitative estimate of drug-likeness (QED) is 0.0842. The minimum absolute atomic E-state index is 0.0259. The monoisotopic (exact) mass is 1100 g/mol. The standard InChI is InChI=1S/C74H82F2N2O4/c1-44-23-26-54-53-21-18-19-22-61(53)77(62(54)31-44)65-38-49(73(12,13)42-71(6,7)8)36-57(67(65)79)59-40-51(75)34-47(4)69(59)81(16)29-20-30-82(17)70-48(5)35-52(76)41-60(70)58-37-50(74(14,15)43-72(9,10)11)39-66(68(58)80)78-63-32-45(2)24-27-55(63)56-28-25-46(3)33-64(56)78/h18-19,21-28,31-41,79-80H,16-17,20,29-30,42-43H2,1-15H3. The molecule has 0 aliphatic heterocycles. The Morgan fingerprint density at radius 3 is 1.16 bits per heavy atom. The molecular weight excluding hydrogens is 1020 g/mol. The van der Waals surface area contributed by atoms with E-state index in [0.717, 1.165) is 84.3 Å². The van der Waals surface area contributed by atoms with Gasteiger partial charge in [-0.05, 0) is 184 Å². The lowest BCUT2D eigenvalue weighted by atomic mass is 9.71. The van der Waals surface area contributed by atoms with Gasteiger partial charge >= 0.3 is 0 Å². The second-order valence-corrected chi connectivity index (χ2v) is 27.2. The molecule has 10 rings (SSSR count). The summed E-state index contributed by atoms with van der Waals surface area (Å²) in [5.41, 5.74) is 12.8. The van der Waals surface area contributed by atoms with Crippen molar-refractivity contribution < 1.29 is 27.7 Å². The number of aromatic hydroxyl groups is 2. The maximum atomic E-state index is 16.2. The molecule has 82 heavy (non-hydrogen) atoms. The molecule has 6 nitrogen and oxygen atoms in total. The minimum Gasteiger partial charge on any atom is -0.711 e. The third-order valence-corrected chi connectivity index (χ3v) is 16.5. The fourth-order valence-corrected chi connectivity index (χ4v) is 13.7. The van der Waals surface area contributed by atoms with Crippen LogP contribution < -0.4 is 0 Å². The van der Waals surface area contributed by atoms with Crippen LogP contribution in [0.1, 0.15) is 127 Å². The Kier molecular flexibility index (Phi) is 14.8. The summed E-state index contributed by atoms with van der Waals surface area (Å²) >= 11 is 0. The summed E-state index contributed by atoms with van der Waals surface area (Å²) in [5, 5.41) is 30.2. The first-order chi connectivity index (χ1) is 38.4. The van der Waals surface area contributed by atoms with E-state index in [1.54, 1.807) is 0 Å². The Balaban J connectivity index is 1.06. The van der Waals surface area contributed by atoms with E-state index in [1.165, 1.54) is 24.3 Å². The van der Waals surface area contributed by atoms with E-state index in [2.05, 4.69) is 201 Å². The van der Waals surface area contributed by atoms with Gasteiger partial charge in [0.15, 0.2) is 13.2 Å². The number of aryl methyl sites for hydroxylation is 5. The van der Waals surface area contributed by atoms with Gasteiger partial charge in [0.05, 0.1) is 44.6 Å². The van der Waals surface area contributed by atoms with Gasteiger partial charge in [0.25, 0.3) is 0 Å². The highest BCUT2D eigenvalue weighted by Crippen LogP contribution is 2.52. The first-order valence-electron chi connectivity index (χ1n) is 28.8. The molecule has 2 heterocycles. The maximum Gasteiger partial charge on any atom is 0.237 e. The third-order valence-electron chi connectivity index (χ3n) is 16.5. The van der Waals surface area contributed by atoms with Gasteiger partial charge in [-0.25, -0.2) is 8.78 Å². The molecule has 0 aliphatic carbocycles. The Morgan fingerprint density at radius 2 is 0.780 bits per heavy atom. The molecule has 426 valence electrons. The molecule has 8 heteroatoms. The first-order valence-corrected chi connectivity index (χ1v) is 28.8. The minimum atomic E-state index is -0.433. The summed E-state index contributed by atoms with van der Waals surface area (Å²) in [6.07, 6.45) is 2.16. The Bertz CT molecular complexity index is 4080. The molecule has 0 amide bonds. The normalized spacial score (nSPS) is 12.7. The van der Waals surface area contributed by atoms with Crippen LogP contribution in [0.25, 0.3) is 77.2 Å². The van der Waals surface area contributed by atoms with Crippen LogP contribution in [0.4, 0.5) is 8.78 Å². The van der Waals surface area contributed by atoms with Crippen molar-refractivity contribution in [2.75, 3.05) is 13.2 Å². The zero-order valence-corrected chi connectivity index (χ0v) is 50.9. The molecule has 10 aromatic rings. The number of nitrogens with zero attached hydrogens (tertiary/aromatic N) is 2. The topological polar surface area (TPSA) is 55.7 Å². The first kappa shape index (κ1) is 57.6. The van der Waals surface area contributed by atoms with Gasteiger partial charge in [-0.2, -0.15) is 0 Å². The Hall–Kier alpha value is -7.58. The second kappa shape index (κ2) is 21.0. The molecule has 0 spiro atoms. The number of aromatic nitrogens is 2. The Labute approximate surface area is 485 Å². The summed E-state index contributed by atoms with van der Waals surface area (Å²) in [4.78, 5) is 0. The van der Waals surface area contributed by atoms with Gasteiger partial charge < -0.3 is 28.1 Å². The number of phenolic OH excluding ortho intramolecular Hbond substituents is 2. The van der Waals surface area contributed by atoms with E-state index < -0.39 is 11.6 Å². The molecule has 0 atom stereocenters. The molecule has 0 bridgehead atoms. The fraction of sp³-hybridized carbons (Fsp3) is 0.324. The lowest BCUT2D eigenvalue weighted by molar-refractivity contribution is -0.0170. The molecule has 0 unspecified atom stereocenters. The van der Waals surface area contributed by atoms with E-state index in [1.807, 2.05) is 38.1 Å². The van der Waals surface area contributed by atoms with Crippen LogP contribution in [0, 0.1) is 71.3 Å². The van der Waals surface area contributed by atoms with Gasteiger partial charge in [0.1, 0.15) is 29.6 Å². The van der Waals surface area contributed by atoms with E-state index in [0.29, 0.717) is 75.9 Å². The zero-order chi connectivity index (χ0) is 59.3. The molecule has 0 aliphatic rings. The second-order valence-electron chi connectivity index (χ2n) is 27.2. The maximum absolute atomic E-state index is 16.2. The number of phenols is 2. The van der Waals surface area contributed by atoms with Gasteiger partial charge in [0, 0.05) is 43.8 Å². The average molecular weight is 1100 g/mol. The number of fused-ring (bicyclic) bond motifs is 6. The largest absolute Gasteiger partial charge is 0.711 e. The molecule has 0 fully saturated rings. The molecule has 8 aromatic carbocycles. The highest BCUT2D eigenvalue weighted by molar-refractivity contribution is 6.11. The predicted octanol–water partition coefficient (Wildman–Crippen LogP) is 21.1. The summed E-state index contributed by atoms with van der Waals surface area (Å²) in [6, 6.07) is 41.9. The van der Waals surface area contributed by atoms with E-state index in [-0.39, 0.29) is 33.2 Å². The van der Waals surface area contributed by atoms with E-state index in [9.17, 15) is 10.2 Å². The summed E-state index contributed by atoms with van der Waals surface area (Å²) in [7, 11) is 9.06. The lowest BCUT2D eigenvalue weighted by Crippen LogP contribution is -2.25. The lowest BCUT2D eigenvalue weighted by Gasteiger charge is -2.35. The van der Waals surface area contributed by atoms with Crippen molar-refractivity contribution in [3.63, 3.8) is 0 Å². The predicted molar refractivity (Wildman–Crippen MR) is 340 cm³/mol. The van der Waals surface area contributed by atoms with Crippen molar-refractivity contribution in [2.45, 2.75) is 134 Å². The highest BCUT2D eigenvalue weighted by Gasteiger charge is 2.34. The van der Waals surface area contributed by atoms with Crippen LogP contribution in [-0.4, -0.2) is 32.6 Å². The SMILES string of the molecule is [CH2-][O+](CCC[O+]([CH2-])c1c(C)cc(F)cc1-c1cc(C(C)(C)CC(C)(C)C)cc(-n2c3cc(C)ccc3c3ccc(C)cc32)c1O)c1c(C)cc(F)cc1-c1cc(C(C)(C)CC(C)(C)C)cc(-n2c3ccccc3c3ccc(C)cc32)c1O. The van der Waals surface area contributed by atoms with E-state index in [4.69, 9.17) is 0 Å². The number of benzene rings is 8. The molecule has 0 saturated heterocycles. The summed E-state index contributed by atoms with van der Waals surface area (Å²) in [6.45, 7) is 33.0. The van der Waals surface area contributed by atoms with E-state index >= 15 is 8.78 Å². The average Bonchev–Trinajstić information content (AvgIpc) is 2.09. The van der Waals surface area contributed by atoms with Crippen molar-refractivity contribution in [3.05, 3.63) is 192 Å². The van der Waals surface area contributed by atoms with Crippen LogP contribution in [0.5, 0.6) is 23.0 Å². The number of halogens is 2. The Morgan fingerprint density at radius 1 is 0.427 bits per heavy atom. The molecule has 0 saturated carbocycles. The fourth-order valence-electron chi connectivity index (χ4n) is 13.7. The number of rotatable bonds is 14. The van der Waals surface area contributed by atoms with Crippen molar-refractivity contribution in [1.82, 2.24) is 9.13 Å². The number of para-hydroxylation sites is 1. The molecule has 2 N–H and O–H groups in total. The summed E-state index contributed by atoms with van der Waals surface area (Å²) < 4.78 is 42.6. The van der Waals surface area contributed by atoms with Crippen molar-refractivity contribution in [1.29, 1.82) is 0 Å². The van der Waals surface area contributed by atoms with Crippen LogP contribution in [0.15, 0.2) is 127 Å². The van der Waals surface area contributed by atoms with Crippen molar-refractivity contribution in [2.24, 2.45) is 10.8 Å². The molecule has 0 radical (unpaired) electrons. The van der Waals surface area contributed by atoms with Gasteiger partial charge in [0.2, 0.25) is 11.5 Å². The van der Waals surface area contributed by atoms with Crippen LogP contribution in [0.3, 0.4) is 0 Å². The zero-order valence-electron chi connectivity index (χ0n) is 50.9. The van der Waals surface area contributed by atoms with Gasteiger partial charge in [-0.15, -0.1) is 0 Å². The van der Waals surface area contributed by atoms with Crippen LogP contribution in [-0.2, 0) is 19.6 Å². The number of hydrogen-bond acceptors (Lipinski definition) is 2. The molecular formula is C74H82F2N2O4. The smallest absolute Gasteiger partial charge is 0.237 e. The highest BCUT2D eigenvalue weighted by atomic mass is 19.1. The number of hydrogen-bond donors (Lipinski definition) is 2.